The molecule has 116 valence electrons. The number of benzene rings is 1. The molecule has 1 aliphatic heterocycles. The van der Waals surface area contributed by atoms with Gasteiger partial charge in [-0.3, -0.25) is 4.90 Å². The van der Waals surface area contributed by atoms with Gasteiger partial charge in [0.05, 0.1) is 11.4 Å². The molecule has 0 N–H and O–H groups in total. The predicted octanol–water partition coefficient (Wildman–Crippen LogP) is 3.90. The van der Waals surface area contributed by atoms with Crippen LogP contribution in [0, 0.1) is 5.92 Å². The first-order valence-corrected chi connectivity index (χ1v) is 7.62. The van der Waals surface area contributed by atoms with Crippen LogP contribution in [0.2, 0.25) is 0 Å². The van der Waals surface area contributed by atoms with Crippen molar-refractivity contribution in [2.45, 2.75) is 40.2 Å². The maximum absolute atomic E-state index is 12.4. The van der Waals surface area contributed by atoms with E-state index in [1.807, 2.05) is 39.0 Å². The number of ether oxygens (including phenoxy) is 1. The van der Waals surface area contributed by atoms with Crippen molar-refractivity contribution < 1.29 is 9.53 Å². The molecular weight excluding hydrogens is 264 g/mol. The summed E-state index contributed by atoms with van der Waals surface area (Å²) in [7, 11) is 0. The fourth-order valence-electron chi connectivity index (χ4n) is 2.56. The van der Waals surface area contributed by atoms with Gasteiger partial charge in [0.15, 0.2) is 0 Å². The normalized spacial score (nSPS) is 15.1. The van der Waals surface area contributed by atoms with Gasteiger partial charge in [0, 0.05) is 19.6 Å². The number of anilines is 2. The Morgan fingerprint density at radius 3 is 2.38 bits per heavy atom. The van der Waals surface area contributed by atoms with Crippen molar-refractivity contribution in [1.82, 2.24) is 0 Å². The number of para-hydroxylation sites is 2. The number of carbonyl (C=O) groups excluding carboxylic acids is 1. The van der Waals surface area contributed by atoms with Crippen molar-refractivity contribution in [2.75, 3.05) is 29.4 Å². The average Bonchev–Trinajstić information content (AvgIpc) is 2.36. The monoisotopic (exact) mass is 290 g/mol. The lowest BCUT2D eigenvalue weighted by Gasteiger charge is -2.38. The molecule has 0 aromatic heterocycles. The lowest BCUT2D eigenvalue weighted by molar-refractivity contribution is 0.0580. The van der Waals surface area contributed by atoms with Crippen molar-refractivity contribution in [2.24, 2.45) is 5.92 Å². The van der Waals surface area contributed by atoms with Crippen LogP contribution in [0.4, 0.5) is 16.2 Å². The fourth-order valence-corrected chi connectivity index (χ4v) is 2.56. The lowest BCUT2D eigenvalue weighted by Crippen LogP contribution is -2.46. The second kappa shape index (κ2) is 5.96. The van der Waals surface area contributed by atoms with E-state index in [-0.39, 0.29) is 6.09 Å². The molecule has 0 saturated heterocycles. The molecule has 4 nitrogen and oxygen atoms in total. The standard InChI is InChI=1S/C17H26N2O2/c1-13(2)12-18-10-11-19(16(20)21-17(3,4)5)15-9-7-6-8-14(15)18/h6-9,13H,10-12H2,1-5H3. The van der Waals surface area contributed by atoms with Crippen LogP contribution in [-0.4, -0.2) is 31.3 Å². The third kappa shape index (κ3) is 3.90. The molecule has 2 rings (SSSR count). The summed E-state index contributed by atoms with van der Waals surface area (Å²) in [5.41, 5.74) is 1.59. The minimum Gasteiger partial charge on any atom is -0.443 e. The molecule has 0 saturated carbocycles. The molecule has 0 spiro atoms. The van der Waals surface area contributed by atoms with Gasteiger partial charge < -0.3 is 9.64 Å². The first kappa shape index (κ1) is 15.7. The predicted molar refractivity (Wildman–Crippen MR) is 87.1 cm³/mol. The number of fused-ring (bicyclic) bond motifs is 1. The van der Waals surface area contributed by atoms with Gasteiger partial charge in [0.25, 0.3) is 0 Å². The first-order chi connectivity index (χ1) is 9.78. The molecule has 1 aliphatic rings. The Labute approximate surface area is 127 Å². The number of hydrogen-bond acceptors (Lipinski definition) is 3. The first-order valence-electron chi connectivity index (χ1n) is 7.62. The molecule has 0 atom stereocenters. The van der Waals surface area contributed by atoms with Crippen LogP contribution >= 0.6 is 0 Å². The lowest BCUT2D eigenvalue weighted by atomic mass is 10.1. The fraction of sp³-hybridized carbons (Fsp3) is 0.588. The zero-order valence-corrected chi connectivity index (χ0v) is 13.7. The number of hydrogen-bond donors (Lipinski definition) is 0. The van der Waals surface area contributed by atoms with E-state index >= 15 is 0 Å². The maximum atomic E-state index is 12.4. The summed E-state index contributed by atoms with van der Waals surface area (Å²) in [4.78, 5) is 16.5. The van der Waals surface area contributed by atoms with E-state index in [0.717, 1.165) is 24.5 Å². The van der Waals surface area contributed by atoms with Gasteiger partial charge in [0.2, 0.25) is 0 Å². The molecule has 0 aliphatic carbocycles. The Kier molecular flexibility index (Phi) is 4.45. The second-order valence-corrected chi connectivity index (χ2v) is 6.96. The largest absolute Gasteiger partial charge is 0.443 e. The minimum absolute atomic E-state index is 0.265. The highest BCUT2D eigenvalue weighted by Crippen LogP contribution is 2.34. The van der Waals surface area contributed by atoms with Crippen LogP contribution < -0.4 is 9.80 Å². The maximum Gasteiger partial charge on any atom is 0.414 e. The van der Waals surface area contributed by atoms with Crippen LogP contribution in [-0.2, 0) is 4.74 Å². The van der Waals surface area contributed by atoms with Gasteiger partial charge in [-0.2, -0.15) is 0 Å². The molecule has 0 bridgehead atoms. The van der Waals surface area contributed by atoms with E-state index in [1.165, 1.54) is 0 Å². The molecular formula is C17H26N2O2. The molecule has 0 radical (unpaired) electrons. The van der Waals surface area contributed by atoms with Crippen LogP contribution in [0.5, 0.6) is 0 Å². The van der Waals surface area contributed by atoms with Gasteiger partial charge in [0.1, 0.15) is 5.60 Å². The summed E-state index contributed by atoms with van der Waals surface area (Å²) in [5.74, 6) is 0.589. The third-order valence-corrected chi connectivity index (χ3v) is 3.31. The van der Waals surface area contributed by atoms with Gasteiger partial charge in [-0.1, -0.05) is 26.0 Å². The Morgan fingerprint density at radius 2 is 1.81 bits per heavy atom. The molecule has 1 heterocycles. The van der Waals surface area contributed by atoms with Crippen molar-refractivity contribution in [3.8, 4) is 0 Å². The topological polar surface area (TPSA) is 32.8 Å². The van der Waals surface area contributed by atoms with Gasteiger partial charge >= 0.3 is 6.09 Å². The Bertz CT molecular complexity index is 506. The van der Waals surface area contributed by atoms with Crippen LogP contribution in [0.25, 0.3) is 0 Å². The van der Waals surface area contributed by atoms with E-state index in [0.29, 0.717) is 12.5 Å². The molecule has 4 heteroatoms. The summed E-state index contributed by atoms with van der Waals surface area (Å²) < 4.78 is 5.52. The molecule has 0 unspecified atom stereocenters. The highest BCUT2D eigenvalue weighted by Gasteiger charge is 2.29. The average molecular weight is 290 g/mol. The minimum atomic E-state index is -0.471. The summed E-state index contributed by atoms with van der Waals surface area (Å²) in [6.07, 6.45) is -0.265. The van der Waals surface area contributed by atoms with Gasteiger partial charge in [-0.25, -0.2) is 4.79 Å². The van der Waals surface area contributed by atoms with Crippen LogP contribution in [0.3, 0.4) is 0 Å². The van der Waals surface area contributed by atoms with Crippen molar-refractivity contribution in [3.05, 3.63) is 24.3 Å². The SMILES string of the molecule is CC(C)CN1CCN(C(=O)OC(C)(C)C)c2ccccc21. The van der Waals surface area contributed by atoms with E-state index in [1.54, 1.807) is 4.90 Å². The molecule has 1 aromatic rings. The Balaban J connectivity index is 2.25. The highest BCUT2D eigenvalue weighted by atomic mass is 16.6. The number of nitrogens with zero attached hydrogens (tertiary/aromatic N) is 2. The van der Waals surface area contributed by atoms with Crippen molar-refractivity contribution >= 4 is 17.5 Å². The second-order valence-electron chi connectivity index (χ2n) is 6.96. The number of rotatable bonds is 2. The molecule has 0 fully saturated rings. The van der Waals surface area contributed by atoms with Crippen LogP contribution in [0.1, 0.15) is 34.6 Å². The smallest absolute Gasteiger partial charge is 0.414 e. The third-order valence-electron chi connectivity index (χ3n) is 3.31. The quantitative estimate of drug-likeness (QED) is 0.828. The van der Waals surface area contributed by atoms with E-state index < -0.39 is 5.60 Å². The molecule has 1 aromatic carbocycles. The Hall–Kier alpha value is -1.71. The van der Waals surface area contributed by atoms with Crippen LogP contribution in [0.15, 0.2) is 24.3 Å². The van der Waals surface area contributed by atoms with Crippen molar-refractivity contribution in [3.63, 3.8) is 0 Å². The number of carbonyl (C=O) groups is 1. The molecule has 1 amide bonds. The summed E-state index contributed by atoms with van der Waals surface area (Å²) in [6.45, 7) is 12.6. The number of amides is 1. The van der Waals surface area contributed by atoms with Gasteiger partial charge in [-0.15, -0.1) is 0 Å². The zero-order chi connectivity index (χ0) is 15.6. The zero-order valence-electron chi connectivity index (χ0n) is 13.7. The van der Waals surface area contributed by atoms with Crippen molar-refractivity contribution in [1.29, 1.82) is 0 Å². The van der Waals surface area contributed by atoms with E-state index in [4.69, 9.17) is 4.74 Å². The van der Waals surface area contributed by atoms with Gasteiger partial charge in [-0.05, 0) is 38.8 Å². The Morgan fingerprint density at radius 1 is 1.19 bits per heavy atom. The summed E-state index contributed by atoms with van der Waals surface area (Å²) in [5, 5.41) is 0. The van der Waals surface area contributed by atoms with E-state index in [2.05, 4.69) is 24.8 Å². The summed E-state index contributed by atoms with van der Waals surface area (Å²) in [6, 6.07) is 8.06. The highest BCUT2D eigenvalue weighted by molar-refractivity contribution is 5.93. The van der Waals surface area contributed by atoms with E-state index in [9.17, 15) is 4.79 Å². The summed E-state index contributed by atoms with van der Waals surface area (Å²) >= 11 is 0. The molecule has 21 heavy (non-hydrogen) atoms.